The third kappa shape index (κ3) is 11.4. The Labute approximate surface area is 243 Å². The molecule has 3 amide bonds. The van der Waals surface area contributed by atoms with Gasteiger partial charge in [0.05, 0.1) is 6.26 Å². The van der Waals surface area contributed by atoms with E-state index in [1.165, 1.54) is 17.4 Å². The summed E-state index contributed by atoms with van der Waals surface area (Å²) in [5, 5.41) is 4.13. The zero-order valence-corrected chi connectivity index (χ0v) is 25.1. The highest BCUT2D eigenvalue weighted by Gasteiger charge is 2.26. The Bertz CT molecular complexity index is 1070. The predicted molar refractivity (Wildman–Crippen MR) is 162 cm³/mol. The molecule has 8 heteroatoms. The van der Waals surface area contributed by atoms with Gasteiger partial charge in [0.1, 0.15) is 0 Å². The van der Waals surface area contributed by atoms with E-state index < -0.39 is 0 Å². The lowest BCUT2D eigenvalue weighted by molar-refractivity contribution is -0.133. The second-order valence-electron chi connectivity index (χ2n) is 10.3. The molecule has 2 aliphatic rings. The number of amides is 3. The van der Waals surface area contributed by atoms with Gasteiger partial charge in [0.2, 0.25) is 11.8 Å². The summed E-state index contributed by atoms with van der Waals surface area (Å²) >= 11 is 1.67. The van der Waals surface area contributed by atoms with Crippen LogP contribution in [0.3, 0.4) is 0 Å². The highest BCUT2D eigenvalue weighted by Crippen LogP contribution is 2.35. The summed E-state index contributed by atoms with van der Waals surface area (Å²) in [6.07, 6.45) is 9.25. The van der Waals surface area contributed by atoms with Crippen LogP contribution < -0.4 is 0 Å². The standard InChI is InChI=1S/C18H24N2O3.C11H17NOS.C3H4/c1-14-12-15(13-14)4-2-6-17(21)19-7-9-20(10-8-19)18(22)16-5-3-11-23-16;1-3-4-5-11(13)12(2)8-10-6-7-14-9-10;1-3-2/h3,5,11,15H,1-2,4,6-10,12-13H2;6-7,9H,3-5,8H2,1-2H3;1-2H2. The minimum absolute atomic E-state index is 0.0905. The van der Waals surface area contributed by atoms with Gasteiger partial charge in [-0.3, -0.25) is 14.4 Å². The molecule has 1 aliphatic heterocycles. The first-order valence-electron chi connectivity index (χ1n) is 14.1. The van der Waals surface area contributed by atoms with Gasteiger partial charge in [-0.2, -0.15) is 11.3 Å². The molecule has 2 aromatic rings. The molecule has 7 nitrogen and oxygen atoms in total. The third-order valence-electron chi connectivity index (χ3n) is 6.98. The van der Waals surface area contributed by atoms with Crippen molar-refractivity contribution in [2.75, 3.05) is 33.2 Å². The Morgan fingerprint density at radius 1 is 1.07 bits per heavy atom. The highest BCUT2D eigenvalue weighted by atomic mass is 32.1. The third-order valence-corrected chi connectivity index (χ3v) is 7.71. The van der Waals surface area contributed by atoms with Crippen LogP contribution in [0.4, 0.5) is 0 Å². The number of furan rings is 1. The average molecular weight is 568 g/mol. The second kappa shape index (κ2) is 18.1. The molecule has 0 aromatic carbocycles. The van der Waals surface area contributed by atoms with Gasteiger partial charge >= 0.3 is 0 Å². The number of carbonyl (C=O) groups is 3. The van der Waals surface area contributed by atoms with Crippen molar-refractivity contribution in [1.82, 2.24) is 14.7 Å². The van der Waals surface area contributed by atoms with Crippen LogP contribution in [0.15, 0.2) is 70.7 Å². The zero-order chi connectivity index (χ0) is 29.3. The largest absolute Gasteiger partial charge is 0.459 e. The van der Waals surface area contributed by atoms with Crippen LogP contribution in [0.1, 0.15) is 74.4 Å². The number of nitrogens with zero attached hydrogens (tertiary/aromatic N) is 3. The van der Waals surface area contributed by atoms with E-state index in [1.54, 1.807) is 33.3 Å². The lowest BCUT2D eigenvalue weighted by Gasteiger charge is -2.34. The molecule has 218 valence electrons. The lowest BCUT2D eigenvalue weighted by atomic mass is 9.78. The molecule has 0 atom stereocenters. The zero-order valence-electron chi connectivity index (χ0n) is 24.2. The normalized spacial score (nSPS) is 14.6. The van der Waals surface area contributed by atoms with Crippen molar-refractivity contribution >= 4 is 29.1 Å². The maximum absolute atomic E-state index is 12.2. The van der Waals surface area contributed by atoms with Crippen LogP contribution in [-0.4, -0.2) is 65.6 Å². The summed E-state index contributed by atoms with van der Waals surface area (Å²) in [7, 11) is 1.87. The number of piperazine rings is 1. The van der Waals surface area contributed by atoms with Crippen LogP contribution in [0.2, 0.25) is 0 Å². The molecule has 0 spiro atoms. The first-order valence-corrected chi connectivity index (χ1v) is 15.0. The first kappa shape index (κ1) is 32.9. The van der Waals surface area contributed by atoms with E-state index in [9.17, 15) is 14.4 Å². The molecule has 40 heavy (non-hydrogen) atoms. The van der Waals surface area contributed by atoms with E-state index in [4.69, 9.17) is 4.42 Å². The van der Waals surface area contributed by atoms with Crippen LogP contribution in [0.5, 0.6) is 0 Å². The Kier molecular flexibility index (Phi) is 14.9. The maximum Gasteiger partial charge on any atom is 0.289 e. The van der Waals surface area contributed by atoms with Crippen LogP contribution in [0, 0.1) is 5.92 Å². The highest BCUT2D eigenvalue weighted by molar-refractivity contribution is 7.07. The SMILES string of the molecule is C=C1CC(CCCC(=O)N2CCN(C(=O)c3ccco3)CC2)C1.C=C=C.CCCCC(=O)N(C)Cc1ccsc1. The summed E-state index contributed by atoms with van der Waals surface area (Å²) in [4.78, 5) is 41.4. The molecule has 0 bridgehead atoms. The minimum atomic E-state index is -0.0905. The minimum Gasteiger partial charge on any atom is -0.459 e. The van der Waals surface area contributed by atoms with Gasteiger partial charge < -0.3 is 19.1 Å². The number of carbonyl (C=O) groups excluding carboxylic acids is 3. The van der Waals surface area contributed by atoms with Crippen molar-refractivity contribution in [2.45, 2.75) is 64.8 Å². The number of hydrogen-bond acceptors (Lipinski definition) is 5. The van der Waals surface area contributed by atoms with Crippen molar-refractivity contribution in [1.29, 1.82) is 0 Å². The molecule has 1 saturated heterocycles. The van der Waals surface area contributed by atoms with Crippen molar-refractivity contribution in [3.8, 4) is 0 Å². The van der Waals surface area contributed by atoms with E-state index in [0.29, 0.717) is 44.8 Å². The topological polar surface area (TPSA) is 74.1 Å². The summed E-state index contributed by atoms with van der Waals surface area (Å²) in [6.45, 7) is 15.4. The molecular weight excluding hydrogens is 522 g/mol. The Balaban J connectivity index is 0.000000282. The number of thiophene rings is 1. The van der Waals surface area contributed by atoms with Gasteiger partial charge in [-0.25, -0.2) is 0 Å². The van der Waals surface area contributed by atoms with E-state index in [-0.39, 0.29) is 17.7 Å². The number of hydrogen-bond donors (Lipinski definition) is 0. The number of unbranched alkanes of at least 4 members (excludes halogenated alkanes) is 1. The molecule has 1 saturated carbocycles. The Morgan fingerprint density at radius 2 is 1.75 bits per heavy atom. The van der Waals surface area contributed by atoms with Gasteiger partial charge in [0.25, 0.3) is 5.91 Å². The van der Waals surface area contributed by atoms with E-state index in [1.807, 2.05) is 17.3 Å². The number of allylic oxidation sites excluding steroid dienone is 1. The van der Waals surface area contributed by atoms with Gasteiger partial charge in [-0.05, 0) is 72.5 Å². The van der Waals surface area contributed by atoms with Gasteiger partial charge in [0.15, 0.2) is 5.76 Å². The monoisotopic (exact) mass is 567 g/mol. The summed E-state index contributed by atoms with van der Waals surface area (Å²) in [6, 6.07) is 5.45. The number of rotatable bonds is 10. The molecule has 0 radical (unpaired) electrons. The van der Waals surface area contributed by atoms with E-state index in [0.717, 1.165) is 51.0 Å². The fourth-order valence-corrected chi connectivity index (χ4v) is 5.30. The second-order valence-corrected chi connectivity index (χ2v) is 11.1. The smallest absolute Gasteiger partial charge is 0.289 e. The molecular formula is C32H45N3O4S. The van der Waals surface area contributed by atoms with Gasteiger partial charge in [0, 0.05) is 52.6 Å². The summed E-state index contributed by atoms with van der Waals surface area (Å²) in [5.74, 6) is 1.49. The fraction of sp³-hybridized carbons (Fsp3) is 0.500. The van der Waals surface area contributed by atoms with E-state index in [2.05, 4.69) is 43.8 Å². The van der Waals surface area contributed by atoms with E-state index >= 15 is 0 Å². The average Bonchev–Trinajstić information content (AvgIpc) is 3.66. The molecule has 1 aliphatic carbocycles. The first-order chi connectivity index (χ1) is 19.3. The molecule has 3 heterocycles. The maximum atomic E-state index is 12.2. The van der Waals surface area contributed by atoms with Crippen molar-refractivity contribution in [2.24, 2.45) is 5.92 Å². The lowest BCUT2D eigenvalue weighted by Crippen LogP contribution is -2.50. The fourth-order valence-electron chi connectivity index (χ4n) is 4.64. The Morgan fingerprint density at radius 3 is 2.30 bits per heavy atom. The molecule has 2 fully saturated rings. The van der Waals surface area contributed by atoms with Gasteiger partial charge in [-0.15, -0.1) is 5.73 Å². The predicted octanol–water partition coefficient (Wildman–Crippen LogP) is 6.55. The van der Waals surface area contributed by atoms with Gasteiger partial charge in [-0.1, -0.05) is 38.7 Å². The van der Waals surface area contributed by atoms with Crippen molar-refractivity contribution < 1.29 is 18.8 Å². The van der Waals surface area contributed by atoms with Crippen LogP contribution in [-0.2, 0) is 16.1 Å². The molecule has 2 aromatic heterocycles. The summed E-state index contributed by atoms with van der Waals surface area (Å²) in [5.41, 5.74) is 4.82. The molecule has 4 rings (SSSR count). The molecule has 0 unspecified atom stereocenters. The molecule has 0 N–H and O–H groups in total. The van der Waals surface area contributed by atoms with Crippen molar-refractivity contribution in [3.63, 3.8) is 0 Å². The van der Waals surface area contributed by atoms with Crippen molar-refractivity contribution in [3.05, 3.63) is 77.6 Å². The Hall–Kier alpha value is -3.35. The van der Waals surface area contributed by atoms with Crippen LogP contribution >= 0.6 is 11.3 Å². The summed E-state index contributed by atoms with van der Waals surface area (Å²) < 4.78 is 5.14. The quantitative estimate of drug-likeness (QED) is 0.241. The van der Waals surface area contributed by atoms with Crippen LogP contribution in [0.25, 0.3) is 0 Å².